The van der Waals surface area contributed by atoms with Crippen molar-refractivity contribution in [2.75, 3.05) is 26.2 Å². The molecule has 4 rings (SSSR count). The van der Waals surface area contributed by atoms with Gasteiger partial charge in [-0.25, -0.2) is 0 Å². The van der Waals surface area contributed by atoms with E-state index in [1.165, 1.54) is 49.9 Å². The molecule has 2 aliphatic heterocycles. The Morgan fingerprint density at radius 1 is 0.929 bits per heavy atom. The van der Waals surface area contributed by atoms with E-state index in [4.69, 9.17) is 0 Å². The van der Waals surface area contributed by atoms with Gasteiger partial charge in [-0.3, -0.25) is 9.69 Å². The fourth-order valence-corrected chi connectivity index (χ4v) is 5.03. The average molecular weight is 380 g/mol. The van der Waals surface area contributed by atoms with Crippen molar-refractivity contribution in [3.05, 3.63) is 59.4 Å². The molecular formula is C24H33N3O. The first-order chi connectivity index (χ1) is 13.6. The summed E-state index contributed by atoms with van der Waals surface area (Å²) in [6.45, 7) is 7.55. The number of carbonyl (C=O) groups is 1. The van der Waals surface area contributed by atoms with Gasteiger partial charge in [-0.2, -0.15) is 0 Å². The number of hydrogen-bond donors (Lipinski definition) is 0. The summed E-state index contributed by atoms with van der Waals surface area (Å²) in [6, 6.07) is 12.6. The molecule has 0 unspecified atom stereocenters. The van der Waals surface area contributed by atoms with Crippen molar-refractivity contribution in [3.63, 3.8) is 0 Å². The highest BCUT2D eigenvalue weighted by Gasteiger charge is 2.31. The number of benzene rings is 1. The van der Waals surface area contributed by atoms with Crippen LogP contribution >= 0.6 is 0 Å². The lowest BCUT2D eigenvalue weighted by atomic mass is 9.78. The summed E-state index contributed by atoms with van der Waals surface area (Å²) in [4.78, 5) is 17.4. The summed E-state index contributed by atoms with van der Waals surface area (Å²) in [5.74, 6) is 1.82. The van der Waals surface area contributed by atoms with Gasteiger partial charge in [0.05, 0.1) is 0 Å². The van der Waals surface area contributed by atoms with E-state index in [2.05, 4.69) is 41.0 Å². The van der Waals surface area contributed by atoms with Gasteiger partial charge in [0.25, 0.3) is 5.91 Å². The number of likely N-dealkylation sites (tertiary alicyclic amines) is 2. The summed E-state index contributed by atoms with van der Waals surface area (Å²) in [6.07, 6.45) is 6.90. The third kappa shape index (κ3) is 4.17. The second-order valence-corrected chi connectivity index (χ2v) is 8.67. The number of nitrogens with zero attached hydrogens (tertiary/aromatic N) is 3. The number of amides is 1. The molecule has 0 radical (unpaired) electrons. The topological polar surface area (TPSA) is 28.5 Å². The van der Waals surface area contributed by atoms with Crippen LogP contribution in [0.4, 0.5) is 0 Å². The molecule has 0 N–H and O–H groups in total. The molecule has 1 aromatic heterocycles. The van der Waals surface area contributed by atoms with E-state index in [1.54, 1.807) is 0 Å². The van der Waals surface area contributed by atoms with Crippen LogP contribution in [0.15, 0.2) is 42.6 Å². The third-order valence-electron chi connectivity index (χ3n) is 6.94. The molecule has 0 bridgehead atoms. The Morgan fingerprint density at radius 2 is 1.57 bits per heavy atom. The van der Waals surface area contributed by atoms with Crippen LogP contribution in [0.1, 0.15) is 47.3 Å². The standard InChI is InChI=1S/C24H33N3O/c1-19-6-3-4-7-22(19)18-26-14-9-20(10-15-26)21-11-16-27(17-12-21)24(28)23-8-5-13-25(23)2/h3-8,13,20-21H,9-12,14-18H2,1-2H3. The van der Waals surface area contributed by atoms with Gasteiger partial charge in [0.2, 0.25) is 0 Å². The second kappa shape index (κ2) is 8.52. The van der Waals surface area contributed by atoms with E-state index >= 15 is 0 Å². The first kappa shape index (κ1) is 19.3. The fourth-order valence-electron chi connectivity index (χ4n) is 5.03. The molecule has 150 valence electrons. The molecular weight excluding hydrogens is 346 g/mol. The van der Waals surface area contributed by atoms with Crippen molar-refractivity contribution in [2.24, 2.45) is 18.9 Å². The Bertz CT molecular complexity index is 796. The Balaban J connectivity index is 1.25. The number of rotatable bonds is 4. The van der Waals surface area contributed by atoms with Gasteiger partial charge in [-0.15, -0.1) is 0 Å². The van der Waals surface area contributed by atoms with Gasteiger partial charge >= 0.3 is 0 Å². The van der Waals surface area contributed by atoms with E-state index in [0.717, 1.165) is 37.2 Å². The molecule has 4 nitrogen and oxygen atoms in total. The highest BCUT2D eigenvalue weighted by atomic mass is 16.2. The highest BCUT2D eigenvalue weighted by Crippen LogP contribution is 2.33. The minimum Gasteiger partial charge on any atom is -0.347 e. The molecule has 1 amide bonds. The third-order valence-corrected chi connectivity index (χ3v) is 6.94. The van der Waals surface area contributed by atoms with Crippen molar-refractivity contribution >= 4 is 5.91 Å². The summed E-state index contributed by atoms with van der Waals surface area (Å²) in [7, 11) is 1.95. The van der Waals surface area contributed by atoms with E-state index in [-0.39, 0.29) is 5.91 Å². The van der Waals surface area contributed by atoms with Gasteiger partial charge in [0.1, 0.15) is 5.69 Å². The zero-order chi connectivity index (χ0) is 19.5. The quantitative estimate of drug-likeness (QED) is 0.800. The van der Waals surface area contributed by atoms with E-state index in [1.807, 2.05) is 29.9 Å². The van der Waals surface area contributed by atoms with Crippen LogP contribution in [0.2, 0.25) is 0 Å². The Hall–Kier alpha value is -2.07. The van der Waals surface area contributed by atoms with Gasteiger partial charge in [0.15, 0.2) is 0 Å². The molecule has 28 heavy (non-hydrogen) atoms. The monoisotopic (exact) mass is 379 g/mol. The van der Waals surface area contributed by atoms with Crippen molar-refractivity contribution < 1.29 is 4.79 Å². The van der Waals surface area contributed by atoms with Gasteiger partial charge < -0.3 is 9.47 Å². The predicted octanol–water partition coefficient (Wildman–Crippen LogP) is 4.10. The first-order valence-corrected chi connectivity index (χ1v) is 10.8. The minimum atomic E-state index is 0.194. The normalized spacial score (nSPS) is 19.9. The fraction of sp³-hybridized carbons (Fsp3) is 0.542. The van der Waals surface area contributed by atoms with Crippen LogP contribution in [-0.2, 0) is 13.6 Å². The van der Waals surface area contributed by atoms with Gasteiger partial charge in [-0.05, 0) is 80.8 Å². The van der Waals surface area contributed by atoms with Crippen molar-refractivity contribution in [3.8, 4) is 0 Å². The lowest BCUT2D eigenvalue weighted by Crippen LogP contribution is -2.43. The van der Waals surface area contributed by atoms with Gasteiger partial charge in [0, 0.05) is 32.9 Å². The zero-order valence-corrected chi connectivity index (χ0v) is 17.3. The lowest BCUT2D eigenvalue weighted by Gasteiger charge is -2.40. The summed E-state index contributed by atoms with van der Waals surface area (Å²) in [5, 5.41) is 0. The SMILES string of the molecule is Cc1ccccc1CN1CCC(C2CCN(C(=O)c3cccn3C)CC2)CC1. The molecule has 2 aromatic rings. The maximum atomic E-state index is 12.7. The number of aryl methyl sites for hydroxylation is 2. The van der Waals surface area contributed by atoms with Crippen LogP contribution in [0.5, 0.6) is 0 Å². The molecule has 2 fully saturated rings. The molecule has 0 spiro atoms. The van der Waals surface area contributed by atoms with Crippen LogP contribution in [0, 0.1) is 18.8 Å². The number of piperidine rings is 2. The second-order valence-electron chi connectivity index (χ2n) is 8.67. The largest absolute Gasteiger partial charge is 0.347 e. The Labute approximate surface area is 169 Å². The summed E-state index contributed by atoms with van der Waals surface area (Å²) in [5.41, 5.74) is 3.68. The molecule has 2 aliphatic rings. The molecule has 4 heteroatoms. The lowest BCUT2D eigenvalue weighted by molar-refractivity contribution is 0.0590. The average Bonchev–Trinajstić information content (AvgIpc) is 3.16. The summed E-state index contributed by atoms with van der Waals surface area (Å²) < 4.78 is 1.93. The maximum absolute atomic E-state index is 12.7. The first-order valence-electron chi connectivity index (χ1n) is 10.8. The molecule has 3 heterocycles. The van der Waals surface area contributed by atoms with E-state index in [0.29, 0.717) is 0 Å². The smallest absolute Gasteiger partial charge is 0.270 e. The van der Waals surface area contributed by atoms with Gasteiger partial charge in [-0.1, -0.05) is 24.3 Å². The maximum Gasteiger partial charge on any atom is 0.270 e. The number of hydrogen-bond acceptors (Lipinski definition) is 2. The summed E-state index contributed by atoms with van der Waals surface area (Å²) >= 11 is 0. The Kier molecular flexibility index (Phi) is 5.86. The zero-order valence-electron chi connectivity index (χ0n) is 17.3. The van der Waals surface area contributed by atoms with Crippen molar-refractivity contribution in [2.45, 2.75) is 39.2 Å². The van der Waals surface area contributed by atoms with E-state index in [9.17, 15) is 4.79 Å². The molecule has 0 atom stereocenters. The molecule has 1 aromatic carbocycles. The van der Waals surface area contributed by atoms with Crippen molar-refractivity contribution in [1.29, 1.82) is 0 Å². The van der Waals surface area contributed by atoms with E-state index < -0.39 is 0 Å². The Morgan fingerprint density at radius 3 is 2.18 bits per heavy atom. The van der Waals surface area contributed by atoms with Crippen LogP contribution < -0.4 is 0 Å². The van der Waals surface area contributed by atoms with Crippen molar-refractivity contribution in [1.82, 2.24) is 14.4 Å². The predicted molar refractivity (Wildman–Crippen MR) is 113 cm³/mol. The highest BCUT2D eigenvalue weighted by molar-refractivity contribution is 5.92. The molecule has 0 aliphatic carbocycles. The van der Waals surface area contributed by atoms with Crippen LogP contribution in [0.3, 0.4) is 0 Å². The molecule has 0 saturated carbocycles. The number of carbonyl (C=O) groups excluding carboxylic acids is 1. The van der Waals surface area contributed by atoms with Crippen LogP contribution in [0.25, 0.3) is 0 Å². The number of aromatic nitrogens is 1. The van der Waals surface area contributed by atoms with Crippen LogP contribution in [-0.4, -0.2) is 46.5 Å². The molecule has 2 saturated heterocycles. The minimum absolute atomic E-state index is 0.194.